The molecular weight excluding hydrogens is 457 g/mol. The molecule has 0 saturated heterocycles. The van der Waals surface area contributed by atoms with Crippen LogP contribution in [0.15, 0.2) is 84.9 Å². The normalized spacial score (nSPS) is 11.8. The molecule has 0 spiro atoms. The van der Waals surface area contributed by atoms with Gasteiger partial charge in [-0.05, 0) is 63.0 Å². The van der Waals surface area contributed by atoms with E-state index < -0.39 is 0 Å². The fourth-order valence-corrected chi connectivity index (χ4v) is 4.53. The SMILES string of the molecule is Ic1ccc2c(c1)c1ccccc1c1nnc(-c3ccc4ccccc4c3)n21. The fraction of sp³-hybridized carbons (Fsp3) is 0. The van der Waals surface area contributed by atoms with Crippen molar-refractivity contribution in [2.24, 2.45) is 0 Å². The molecule has 0 bridgehead atoms. The lowest BCUT2D eigenvalue weighted by Crippen LogP contribution is -1.94. The molecule has 6 rings (SSSR count). The minimum Gasteiger partial charge on any atom is -0.274 e. The van der Waals surface area contributed by atoms with Crippen LogP contribution in [0.4, 0.5) is 0 Å². The van der Waals surface area contributed by atoms with Gasteiger partial charge in [-0.15, -0.1) is 10.2 Å². The third-order valence-corrected chi connectivity index (χ3v) is 6.00. The maximum atomic E-state index is 4.61. The second-order valence-corrected chi connectivity index (χ2v) is 8.20. The fourth-order valence-electron chi connectivity index (χ4n) is 4.03. The Bertz CT molecular complexity index is 1530. The van der Waals surface area contributed by atoms with Crippen LogP contribution < -0.4 is 0 Å². The molecule has 0 amide bonds. The first-order chi connectivity index (χ1) is 13.8. The molecular formula is C24H14IN3. The summed E-state index contributed by atoms with van der Waals surface area (Å²) >= 11 is 2.37. The maximum Gasteiger partial charge on any atom is 0.169 e. The zero-order chi connectivity index (χ0) is 18.7. The van der Waals surface area contributed by atoms with Gasteiger partial charge >= 0.3 is 0 Å². The van der Waals surface area contributed by atoms with Crippen molar-refractivity contribution in [2.45, 2.75) is 0 Å². The second-order valence-electron chi connectivity index (χ2n) is 6.95. The number of benzene rings is 4. The predicted octanol–water partition coefficient (Wildman–Crippen LogP) is 6.46. The van der Waals surface area contributed by atoms with Crippen molar-refractivity contribution in [1.29, 1.82) is 0 Å². The average Bonchev–Trinajstić information content (AvgIpc) is 3.19. The van der Waals surface area contributed by atoms with Gasteiger partial charge in [0.2, 0.25) is 0 Å². The summed E-state index contributed by atoms with van der Waals surface area (Å²) in [5, 5.41) is 15.2. The van der Waals surface area contributed by atoms with E-state index in [2.05, 4.69) is 122 Å². The van der Waals surface area contributed by atoms with Gasteiger partial charge in [-0.3, -0.25) is 4.40 Å². The quantitative estimate of drug-likeness (QED) is 0.204. The van der Waals surface area contributed by atoms with Gasteiger partial charge < -0.3 is 0 Å². The van der Waals surface area contributed by atoms with Crippen LogP contribution in [0.1, 0.15) is 0 Å². The van der Waals surface area contributed by atoms with E-state index in [0.29, 0.717) is 0 Å². The molecule has 0 unspecified atom stereocenters. The molecule has 132 valence electrons. The van der Waals surface area contributed by atoms with Crippen molar-refractivity contribution in [3.05, 3.63) is 88.5 Å². The van der Waals surface area contributed by atoms with Crippen LogP contribution in [-0.4, -0.2) is 14.6 Å². The Morgan fingerprint density at radius 2 is 1.43 bits per heavy atom. The summed E-state index contributed by atoms with van der Waals surface area (Å²) in [5.41, 5.74) is 3.09. The largest absolute Gasteiger partial charge is 0.274 e. The standard InChI is InChI=1S/C24H14IN3/c25-18-11-12-22-21(14-18)19-7-3-4-8-20(19)24-27-26-23(28(22)24)17-10-9-15-5-1-2-6-16(15)13-17/h1-14H. The maximum absolute atomic E-state index is 4.61. The third-order valence-electron chi connectivity index (χ3n) is 5.33. The molecule has 6 aromatic rings. The molecule has 0 saturated carbocycles. The number of aromatic nitrogens is 3. The number of rotatable bonds is 1. The van der Waals surface area contributed by atoms with Gasteiger partial charge in [-0.1, -0.05) is 60.7 Å². The first-order valence-electron chi connectivity index (χ1n) is 9.14. The van der Waals surface area contributed by atoms with Gasteiger partial charge in [-0.2, -0.15) is 0 Å². The van der Waals surface area contributed by atoms with Gasteiger partial charge in [-0.25, -0.2) is 0 Å². The Kier molecular flexibility index (Phi) is 3.43. The van der Waals surface area contributed by atoms with Crippen molar-refractivity contribution in [3.63, 3.8) is 0 Å². The topological polar surface area (TPSA) is 30.2 Å². The summed E-state index contributed by atoms with van der Waals surface area (Å²) < 4.78 is 3.41. The van der Waals surface area contributed by atoms with Crippen molar-refractivity contribution in [1.82, 2.24) is 14.6 Å². The number of hydrogen-bond acceptors (Lipinski definition) is 2. The Morgan fingerprint density at radius 1 is 0.643 bits per heavy atom. The number of nitrogens with zero attached hydrogens (tertiary/aromatic N) is 3. The van der Waals surface area contributed by atoms with E-state index in [1.165, 1.54) is 25.1 Å². The highest BCUT2D eigenvalue weighted by Crippen LogP contribution is 2.33. The molecule has 4 heteroatoms. The highest BCUT2D eigenvalue weighted by atomic mass is 127. The predicted molar refractivity (Wildman–Crippen MR) is 124 cm³/mol. The summed E-state index contributed by atoms with van der Waals surface area (Å²) in [5.74, 6) is 0.873. The van der Waals surface area contributed by atoms with Gasteiger partial charge in [0.25, 0.3) is 0 Å². The molecule has 0 aliphatic rings. The Balaban J connectivity index is 1.78. The van der Waals surface area contributed by atoms with E-state index in [1.54, 1.807) is 0 Å². The van der Waals surface area contributed by atoms with Gasteiger partial charge in [0, 0.05) is 19.9 Å². The minimum atomic E-state index is 0.873. The van der Waals surface area contributed by atoms with Gasteiger partial charge in [0.15, 0.2) is 11.5 Å². The van der Waals surface area contributed by atoms with Crippen molar-refractivity contribution in [3.8, 4) is 11.4 Å². The van der Waals surface area contributed by atoms with Crippen LogP contribution in [-0.2, 0) is 0 Å². The number of halogens is 1. The first-order valence-corrected chi connectivity index (χ1v) is 10.2. The first kappa shape index (κ1) is 16.0. The van der Waals surface area contributed by atoms with E-state index in [1.807, 2.05) is 0 Å². The smallest absolute Gasteiger partial charge is 0.169 e. The Labute approximate surface area is 174 Å². The van der Waals surface area contributed by atoms with E-state index in [0.717, 1.165) is 27.9 Å². The van der Waals surface area contributed by atoms with Gasteiger partial charge in [0.05, 0.1) is 5.52 Å². The summed E-state index contributed by atoms with van der Waals surface area (Å²) in [6.45, 7) is 0. The molecule has 0 N–H and O–H groups in total. The van der Waals surface area contributed by atoms with Crippen LogP contribution in [0.2, 0.25) is 0 Å². The molecule has 2 heterocycles. The molecule has 3 nitrogen and oxygen atoms in total. The third kappa shape index (κ3) is 2.27. The van der Waals surface area contributed by atoms with E-state index in [-0.39, 0.29) is 0 Å². The molecule has 28 heavy (non-hydrogen) atoms. The molecule has 0 atom stereocenters. The monoisotopic (exact) mass is 471 g/mol. The Hall–Kier alpha value is -2.99. The summed E-state index contributed by atoms with van der Waals surface area (Å²) in [7, 11) is 0. The van der Waals surface area contributed by atoms with Crippen LogP contribution in [0.3, 0.4) is 0 Å². The lowest BCUT2D eigenvalue weighted by molar-refractivity contribution is 1.12. The second kappa shape index (κ2) is 6.01. The zero-order valence-electron chi connectivity index (χ0n) is 14.8. The molecule has 0 aliphatic heterocycles. The number of hydrogen-bond donors (Lipinski definition) is 0. The summed E-state index contributed by atoms with van der Waals surface area (Å²) in [6, 6.07) is 29.9. The van der Waals surface area contributed by atoms with Gasteiger partial charge in [0.1, 0.15) is 0 Å². The van der Waals surface area contributed by atoms with Crippen LogP contribution in [0.5, 0.6) is 0 Å². The number of fused-ring (bicyclic) bond motifs is 7. The molecule has 0 fully saturated rings. The molecule has 0 radical (unpaired) electrons. The van der Waals surface area contributed by atoms with E-state index in [4.69, 9.17) is 0 Å². The molecule has 4 aromatic carbocycles. The lowest BCUT2D eigenvalue weighted by Gasteiger charge is -2.10. The zero-order valence-corrected chi connectivity index (χ0v) is 17.0. The average molecular weight is 471 g/mol. The Morgan fingerprint density at radius 3 is 2.32 bits per heavy atom. The van der Waals surface area contributed by atoms with E-state index in [9.17, 15) is 0 Å². The van der Waals surface area contributed by atoms with Crippen molar-refractivity contribution < 1.29 is 0 Å². The van der Waals surface area contributed by atoms with Crippen LogP contribution >= 0.6 is 22.6 Å². The van der Waals surface area contributed by atoms with E-state index >= 15 is 0 Å². The lowest BCUT2D eigenvalue weighted by atomic mass is 10.0. The van der Waals surface area contributed by atoms with Crippen molar-refractivity contribution in [2.75, 3.05) is 0 Å². The summed E-state index contributed by atoms with van der Waals surface area (Å²) in [6.07, 6.45) is 0. The molecule has 2 aromatic heterocycles. The highest BCUT2D eigenvalue weighted by molar-refractivity contribution is 14.1. The molecule has 0 aliphatic carbocycles. The van der Waals surface area contributed by atoms with Crippen LogP contribution in [0, 0.1) is 3.57 Å². The van der Waals surface area contributed by atoms with Crippen LogP contribution in [0.25, 0.3) is 49.5 Å². The van der Waals surface area contributed by atoms with Crippen molar-refractivity contribution >= 4 is 60.7 Å². The minimum absolute atomic E-state index is 0.873. The summed E-state index contributed by atoms with van der Waals surface area (Å²) in [4.78, 5) is 0. The number of pyridine rings is 1. The highest BCUT2D eigenvalue weighted by Gasteiger charge is 2.16.